The lowest BCUT2D eigenvalue weighted by molar-refractivity contribution is -0.140. The van der Waals surface area contributed by atoms with Crippen LogP contribution in [0, 0.1) is 5.82 Å². The molecule has 0 radical (unpaired) electrons. The van der Waals surface area contributed by atoms with Crippen molar-refractivity contribution in [2.45, 2.75) is 19.5 Å². The highest BCUT2D eigenvalue weighted by Gasteiger charge is 2.33. The molecule has 2 rings (SSSR count). The van der Waals surface area contributed by atoms with Crippen LogP contribution in [0.2, 0.25) is 0 Å². The first-order valence-electron chi connectivity index (χ1n) is 8.37. The van der Waals surface area contributed by atoms with Crippen molar-refractivity contribution in [3.8, 4) is 0 Å². The summed E-state index contributed by atoms with van der Waals surface area (Å²) in [6.07, 6.45) is -4.17. The second kappa shape index (κ2) is 10.0. The maximum atomic E-state index is 13.1. The van der Waals surface area contributed by atoms with E-state index in [1.165, 1.54) is 18.2 Å². The number of alkyl halides is 3. The second-order valence-corrected chi connectivity index (χ2v) is 6.50. The van der Waals surface area contributed by atoms with Crippen molar-refractivity contribution in [3.05, 3.63) is 46.2 Å². The molecule has 6 nitrogen and oxygen atoms in total. The molecule has 0 unspecified atom stereocenters. The highest BCUT2D eigenvalue weighted by molar-refractivity contribution is 7.09. The van der Waals surface area contributed by atoms with Crippen LogP contribution in [-0.2, 0) is 17.4 Å². The lowest BCUT2D eigenvalue weighted by Crippen LogP contribution is -2.39. The summed E-state index contributed by atoms with van der Waals surface area (Å²) < 4.78 is 50.8. The largest absolute Gasteiger partial charge is 0.434 e. The number of guanidine groups is 1. The predicted molar refractivity (Wildman–Crippen MR) is 99.8 cm³/mol. The predicted octanol–water partition coefficient (Wildman–Crippen LogP) is 3.04. The van der Waals surface area contributed by atoms with Crippen LogP contribution < -0.4 is 16.0 Å². The normalized spacial score (nSPS) is 12.0. The smallest absolute Gasteiger partial charge is 0.357 e. The van der Waals surface area contributed by atoms with E-state index in [1.807, 2.05) is 6.92 Å². The summed E-state index contributed by atoms with van der Waals surface area (Å²) in [6, 6.07) is 5.48. The van der Waals surface area contributed by atoms with Crippen LogP contribution in [0.3, 0.4) is 0 Å². The van der Waals surface area contributed by atoms with Crippen molar-refractivity contribution in [1.82, 2.24) is 15.6 Å². The molecule has 152 valence electrons. The van der Waals surface area contributed by atoms with Gasteiger partial charge in [0.05, 0.1) is 5.01 Å². The van der Waals surface area contributed by atoms with Gasteiger partial charge >= 0.3 is 6.18 Å². The van der Waals surface area contributed by atoms with E-state index in [0.717, 1.165) is 16.7 Å². The van der Waals surface area contributed by atoms with Gasteiger partial charge in [0, 0.05) is 30.6 Å². The molecule has 0 aliphatic rings. The van der Waals surface area contributed by atoms with Gasteiger partial charge in [0.2, 0.25) is 5.91 Å². The molecule has 28 heavy (non-hydrogen) atoms. The molecule has 11 heteroatoms. The number of nitrogens with one attached hydrogen (secondary N) is 3. The molecule has 0 aliphatic carbocycles. The topological polar surface area (TPSA) is 78.4 Å². The van der Waals surface area contributed by atoms with Crippen LogP contribution in [0.25, 0.3) is 0 Å². The molecule has 1 aromatic carbocycles. The molecule has 0 saturated carbocycles. The van der Waals surface area contributed by atoms with Gasteiger partial charge in [-0.25, -0.2) is 14.4 Å². The molecule has 3 N–H and O–H groups in total. The van der Waals surface area contributed by atoms with Crippen LogP contribution >= 0.6 is 11.3 Å². The summed E-state index contributed by atoms with van der Waals surface area (Å²) in [7, 11) is 0. The number of carbonyl (C=O) groups excluding carboxylic acids is 1. The third-order valence-corrected chi connectivity index (χ3v) is 4.22. The van der Waals surface area contributed by atoms with Crippen molar-refractivity contribution in [3.63, 3.8) is 0 Å². The van der Waals surface area contributed by atoms with Gasteiger partial charge in [0.25, 0.3) is 0 Å². The van der Waals surface area contributed by atoms with E-state index >= 15 is 0 Å². The first-order valence-corrected chi connectivity index (χ1v) is 9.25. The number of aromatic nitrogens is 1. The van der Waals surface area contributed by atoms with Crippen molar-refractivity contribution >= 4 is 28.9 Å². The number of hydrogen-bond acceptors (Lipinski definition) is 4. The number of halogens is 4. The Morgan fingerprint density at radius 3 is 2.71 bits per heavy atom. The van der Waals surface area contributed by atoms with E-state index in [9.17, 15) is 22.4 Å². The molecule has 0 fully saturated rings. The number of aliphatic imine (C=N–C) groups is 1. The fourth-order valence-electron chi connectivity index (χ4n) is 2.10. The zero-order valence-electron chi connectivity index (χ0n) is 14.9. The maximum Gasteiger partial charge on any atom is 0.434 e. The Morgan fingerprint density at radius 2 is 2.07 bits per heavy atom. The summed E-state index contributed by atoms with van der Waals surface area (Å²) in [5, 5.41) is 9.71. The van der Waals surface area contributed by atoms with Crippen molar-refractivity contribution < 1.29 is 22.4 Å². The first kappa shape index (κ1) is 21.6. The average Bonchev–Trinajstić information content (AvgIpc) is 3.09. The minimum absolute atomic E-state index is 0.207. The highest BCUT2D eigenvalue weighted by atomic mass is 32.1. The monoisotopic (exact) mass is 417 g/mol. The molecule has 0 spiro atoms. The van der Waals surface area contributed by atoms with Crippen LogP contribution in [-0.4, -0.2) is 36.5 Å². The average molecular weight is 417 g/mol. The zero-order chi connectivity index (χ0) is 20.6. The Hall–Kier alpha value is -2.69. The Labute approximate surface area is 163 Å². The number of thiazole rings is 1. The van der Waals surface area contributed by atoms with Crippen molar-refractivity contribution in [2.75, 3.05) is 25.0 Å². The van der Waals surface area contributed by atoms with E-state index in [4.69, 9.17) is 0 Å². The molecule has 1 aromatic heterocycles. The lowest BCUT2D eigenvalue weighted by Gasteiger charge is -2.10. The van der Waals surface area contributed by atoms with Gasteiger partial charge in [-0.05, 0) is 25.1 Å². The van der Waals surface area contributed by atoms with E-state index in [-0.39, 0.29) is 13.0 Å². The van der Waals surface area contributed by atoms with Crippen molar-refractivity contribution in [2.24, 2.45) is 4.99 Å². The van der Waals surface area contributed by atoms with E-state index in [1.54, 1.807) is 6.07 Å². The summed E-state index contributed by atoms with van der Waals surface area (Å²) >= 11 is 0.936. The van der Waals surface area contributed by atoms with Gasteiger partial charge in [-0.15, -0.1) is 11.3 Å². The molecular weight excluding hydrogens is 398 g/mol. The summed E-state index contributed by atoms with van der Waals surface area (Å²) in [5.74, 6) is -0.561. The molecule has 0 saturated heterocycles. The molecule has 0 aliphatic heterocycles. The van der Waals surface area contributed by atoms with Crippen LogP contribution in [0.1, 0.15) is 17.6 Å². The molecule has 1 heterocycles. The maximum absolute atomic E-state index is 13.1. The number of nitrogens with zero attached hydrogens (tertiary/aromatic N) is 2. The molecule has 1 amide bonds. The van der Waals surface area contributed by atoms with Crippen molar-refractivity contribution in [1.29, 1.82) is 0 Å². The lowest BCUT2D eigenvalue weighted by atomic mass is 10.3. The van der Waals surface area contributed by atoms with Gasteiger partial charge in [-0.1, -0.05) is 6.07 Å². The number of hydrogen-bond donors (Lipinski definition) is 3. The number of carbonyl (C=O) groups is 1. The van der Waals surface area contributed by atoms with Gasteiger partial charge < -0.3 is 16.0 Å². The number of amides is 1. The van der Waals surface area contributed by atoms with E-state index in [2.05, 4.69) is 25.9 Å². The minimum atomic E-state index is -4.45. The van der Waals surface area contributed by atoms with Gasteiger partial charge in [-0.2, -0.15) is 13.2 Å². The summed E-state index contributed by atoms with van der Waals surface area (Å²) in [4.78, 5) is 19.6. The number of rotatable bonds is 7. The minimum Gasteiger partial charge on any atom is -0.357 e. The Morgan fingerprint density at radius 1 is 1.29 bits per heavy atom. The van der Waals surface area contributed by atoms with Gasteiger partial charge in [0.15, 0.2) is 11.7 Å². The third-order valence-electron chi connectivity index (χ3n) is 3.31. The zero-order valence-corrected chi connectivity index (χ0v) is 15.8. The quantitative estimate of drug-likeness (QED) is 0.368. The second-order valence-electron chi connectivity index (χ2n) is 5.55. The van der Waals surface area contributed by atoms with E-state index < -0.39 is 23.6 Å². The van der Waals surface area contributed by atoms with E-state index in [0.29, 0.717) is 29.7 Å². The first-order chi connectivity index (χ1) is 13.3. The number of anilines is 1. The standard InChI is InChI=1S/C17H19F4N5OS/c1-2-22-16(23-7-6-15-26-13(10-28-15)17(19,20)21)24-9-14(27)25-12-5-3-4-11(18)8-12/h3-5,8,10H,2,6-7,9H2,1H3,(H,25,27)(H2,22,23,24). The van der Waals surface area contributed by atoms with Crippen LogP contribution in [0.5, 0.6) is 0 Å². The molecule has 2 aromatic rings. The molecular formula is C17H19F4N5OS. The highest BCUT2D eigenvalue weighted by Crippen LogP contribution is 2.29. The van der Waals surface area contributed by atoms with Gasteiger partial charge in [0.1, 0.15) is 12.4 Å². The van der Waals surface area contributed by atoms with Crippen LogP contribution in [0.4, 0.5) is 23.2 Å². The van der Waals surface area contributed by atoms with Crippen LogP contribution in [0.15, 0.2) is 34.6 Å². The van der Waals surface area contributed by atoms with Gasteiger partial charge in [-0.3, -0.25) is 4.79 Å². The SMILES string of the molecule is CCNC(=NCC(=O)Nc1cccc(F)c1)NCCc1nc(C(F)(F)F)cs1. The fraction of sp³-hybridized carbons (Fsp3) is 0.353. The Bertz CT molecular complexity index is 822. The summed E-state index contributed by atoms with van der Waals surface area (Å²) in [6.45, 7) is 2.46. The Balaban J connectivity index is 1.84. The molecule has 0 bridgehead atoms. The molecule has 0 atom stereocenters. The Kier molecular flexibility index (Phi) is 7.73. The fourth-order valence-corrected chi connectivity index (χ4v) is 2.91. The number of benzene rings is 1. The third kappa shape index (κ3) is 7.14. The summed E-state index contributed by atoms with van der Waals surface area (Å²) in [5.41, 5.74) is -0.579.